The van der Waals surface area contributed by atoms with Gasteiger partial charge in [-0.05, 0) is 22.0 Å². The van der Waals surface area contributed by atoms with Gasteiger partial charge in [-0.25, -0.2) is 9.50 Å². The molecule has 0 spiro atoms. The highest BCUT2D eigenvalue weighted by Crippen LogP contribution is 2.17. The molecule has 5 heteroatoms. The molecule has 0 N–H and O–H groups in total. The van der Waals surface area contributed by atoms with Crippen LogP contribution in [0.15, 0.2) is 23.1 Å². The molecule has 3 nitrogen and oxygen atoms in total. The van der Waals surface area contributed by atoms with Gasteiger partial charge in [0.1, 0.15) is 9.63 Å². The van der Waals surface area contributed by atoms with Crippen LogP contribution in [-0.2, 0) is 0 Å². The maximum atomic E-state index is 5.78. The predicted molar refractivity (Wildman–Crippen MR) is 45.7 cm³/mol. The van der Waals surface area contributed by atoms with Crippen LogP contribution < -0.4 is 0 Å². The second kappa shape index (κ2) is 2.46. The van der Waals surface area contributed by atoms with Gasteiger partial charge in [-0.2, -0.15) is 5.10 Å². The topological polar surface area (TPSA) is 30.2 Å². The van der Waals surface area contributed by atoms with Gasteiger partial charge in [0.2, 0.25) is 0 Å². The molecule has 0 aliphatic carbocycles. The van der Waals surface area contributed by atoms with Crippen LogP contribution in [0.4, 0.5) is 0 Å². The molecule has 2 aromatic rings. The standard InChI is InChI=1S/C6H3BrClN3/c7-5-1-2-9-6-4(8)3-10-11(5)6/h1-3H. The molecular weight excluding hydrogens is 229 g/mol. The monoisotopic (exact) mass is 231 g/mol. The molecule has 0 bridgehead atoms. The van der Waals surface area contributed by atoms with Gasteiger partial charge in [-0.3, -0.25) is 0 Å². The third-order valence-electron chi connectivity index (χ3n) is 1.31. The molecule has 0 amide bonds. The fourth-order valence-corrected chi connectivity index (χ4v) is 1.38. The molecule has 56 valence electrons. The first-order valence-electron chi connectivity index (χ1n) is 2.93. The number of rotatable bonds is 0. The summed E-state index contributed by atoms with van der Waals surface area (Å²) in [4.78, 5) is 4.04. The molecular formula is C6H3BrClN3. The lowest BCUT2D eigenvalue weighted by molar-refractivity contribution is 0.914. The van der Waals surface area contributed by atoms with Crippen molar-refractivity contribution >= 4 is 33.2 Å². The lowest BCUT2D eigenvalue weighted by Gasteiger charge is -1.93. The molecule has 2 aromatic heterocycles. The predicted octanol–water partition coefficient (Wildman–Crippen LogP) is 2.15. The zero-order chi connectivity index (χ0) is 7.84. The minimum Gasteiger partial charge on any atom is -0.236 e. The van der Waals surface area contributed by atoms with Gasteiger partial charge < -0.3 is 0 Å². The summed E-state index contributed by atoms with van der Waals surface area (Å²) in [6.07, 6.45) is 3.24. The van der Waals surface area contributed by atoms with E-state index in [4.69, 9.17) is 11.6 Å². The molecule has 0 fully saturated rings. The Bertz CT molecular complexity index is 398. The number of nitrogens with zero attached hydrogens (tertiary/aromatic N) is 3. The van der Waals surface area contributed by atoms with Crippen molar-refractivity contribution in [3.05, 3.63) is 28.1 Å². The van der Waals surface area contributed by atoms with Gasteiger partial charge in [-0.15, -0.1) is 0 Å². The average Bonchev–Trinajstić information content (AvgIpc) is 2.35. The quantitative estimate of drug-likeness (QED) is 0.652. The fourth-order valence-electron chi connectivity index (χ4n) is 0.835. The third-order valence-corrected chi connectivity index (χ3v) is 2.18. The lowest BCUT2D eigenvalue weighted by atomic mass is 10.6. The summed E-state index contributed by atoms with van der Waals surface area (Å²) in [5, 5.41) is 4.55. The van der Waals surface area contributed by atoms with E-state index in [0.29, 0.717) is 10.7 Å². The van der Waals surface area contributed by atoms with Crippen molar-refractivity contribution in [3.63, 3.8) is 0 Å². The smallest absolute Gasteiger partial charge is 0.175 e. The first kappa shape index (κ1) is 7.06. The van der Waals surface area contributed by atoms with Crippen molar-refractivity contribution in [1.29, 1.82) is 0 Å². The van der Waals surface area contributed by atoms with Gasteiger partial charge >= 0.3 is 0 Å². The van der Waals surface area contributed by atoms with Crippen molar-refractivity contribution in [2.75, 3.05) is 0 Å². The van der Waals surface area contributed by atoms with E-state index < -0.39 is 0 Å². The van der Waals surface area contributed by atoms with Gasteiger partial charge in [0, 0.05) is 6.20 Å². The van der Waals surface area contributed by atoms with Gasteiger partial charge in [-0.1, -0.05) is 11.6 Å². The Morgan fingerprint density at radius 1 is 1.55 bits per heavy atom. The minimum absolute atomic E-state index is 0.561. The van der Waals surface area contributed by atoms with E-state index in [1.165, 1.54) is 0 Å². The lowest BCUT2D eigenvalue weighted by Crippen LogP contribution is -1.90. The van der Waals surface area contributed by atoms with Gasteiger partial charge in [0.25, 0.3) is 0 Å². The van der Waals surface area contributed by atoms with Gasteiger partial charge in [0.05, 0.1) is 6.20 Å². The zero-order valence-electron chi connectivity index (χ0n) is 5.33. The van der Waals surface area contributed by atoms with Crippen LogP contribution >= 0.6 is 27.5 Å². The van der Waals surface area contributed by atoms with Crippen LogP contribution in [0.3, 0.4) is 0 Å². The SMILES string of the molecule is Clc1cnn2c(Br)ccnc12. The van der Waals surface area contributed by atoms with E-state index in [2.05, 4.69) is 26.0 Å². The van der Waals surface area contributed by atoms with Crippen LogP contribution in [0.25, 0.3) is 5.65 Å². The molecule has 0 aliphatic heterocycles. The number of fused-ring (bicyclic) bond motifs is 1. The Kier molecular flexibility index (Phi) is 1.58. The summed E-state index contributed by atoms with van der Waals surface area (Å²) in [5.74, 6) is 0. The van der Waals surface area contributed by atoms with E-state index in [1.807, 2.05) is 0 Å². The molecule has 0 atom stereocenters. The molecule has 0 aliphatic rings. The normalized spacial score (nSPS) is 10.7. The maximum absolute atomic E-state index is 5.78. The van der Waals surface area contributed by atoms with E-state index in [9.17, 15) is 0 Å². The molecule has 11 heavy (non-hydrogen) atoms. The van der Waals surface area contributed by atoms with Crippen LogP contribution in [0.5, 0.6) is 0 Å². The fraction of sp³-hybridized carbons (Fsp3) is 0. The van der Waals surface area contributed by atoms with Crippen LogP contribution in [-0.4, -0.2) is 14.6 Å². The Morgan fingerprint density at radius 2 is 2.36 bits per heavy atom. The first-order chi connectivity index (χ1) is 5.29. The minimum atomic E-state index is 0.561. The number of hydrogen-bond donors (Lipinski definition) is 0. The molecule has 0 saturated carbocycles. The Morgan fingerprint density at radius 3 is 3.09 bits per heavy atom. The Balaban J connectivity index is 2.94. The Hall–Kier alpha value is -0.610. The number of halogens is 2. The maximum Gasteiger partial charge on any atom is 0.175 e. The first-order valence-corrected chi connectivity index (χ1v) is 4.10. The average molecular weight is 232 g/mol. The van der Waals surface area contributed by atoms with Gasteiger partial charge in [0.15, 0.2) is 5.65 Å². The van der Waals surface area contributed by atoms with Crippen LogP contribution in [0.1, 0.15) is 0 Å². The van der Waals surface area contributed by atoms with Crippen molar-refractivity contribution in [3.8, 4) is 0 Å². The number of aromatic nitrogens is 3. The summed E-state index contributed by atoms with van der Waals surface area (Å²) < 4.78 is 2.47. The molecule has 2 heterocycles. The van der Waals surface area contributed by atoms with Crippen LogP contribution in [0.2, 0.25) is 5.02 Å². The summed E-state index contributed by atoms with van der Waals surface area (Å²) in [7, 11) is 0. The largest absolute Gasteiger partial charge is 0.236 e. The van der Waals surface area contributed by atoms with Crippen LogP contribution in [0, 0.1) is 0 Å². The molecule has 0 aromatic carbocycles. The summed E-state index contributed by atoms with van der Waals surface area (Å²) in [6, 6.07) is 1.80. The van der Waals surface area contributed by atoms with E-state index in [1.54, 1.807) is 23.0 Å². The van der Waals surface area contributed by atoms with Crippen molar-refractivity contribution in [2.24, 2.45) is 0 Å². The zero-order valence-corrected chi connectivity index (χ0v) is 7.67. The summed E-state index contributed by atoms with van der Waals surface area (Å²) in [6.45, 7) is 0. The molecule has 0 saturated heterocycles. The van der Waals surface area contributed by atoms with Crippen molar-refractivity contribution < 1.29 is 0 Å². The highest BCUT2D eigenvalue weighted by molar-refractivity contribution is 9.10. The highest BCUT2D eigenvalue weighted by Gasteiger charge is 2.03. The summed E-state index contributed by atoms with van der Waals surface area (Å²) >= 11 is 9.09. The Labute approximate surface area is 76.1 Å². The van der Waals surface area contributed by atoms with Crippen molar-refractivity contribution in [2.45, 2.75) is 0 Å². The highest BCUT2D eigenvalue weighted by atomic mass is 79.9. The molecule has 0 radical (unpaired) electrons. The number of hydrogen-bond acceptors (Lipinski definition) is 2. The summed E-state index contributed by atoms with van der Waals surface area (Å²) in [5.41, 5.74) is 0.668. The molecule has 0 unspecified atom stereocenters. The molecule has 2 rings (SSSR count). The second-order valence-electron chi connectivity index (χ2n) is 2.00. The van der Waals surface area contributed by atoms with E-state index in [-0.39, 0.29) is 0 Å². The second-order valence-corrected chi connectivity index (χ2v) is 3.22. The van der Waals surface area contributed by atoms with Crippen molar-refractivity contribution in [1.82, 2.24) is 14.6 Å². The van der Waals surface area contributed by atoms with E-state index >= 15 is 0 Å². The third kappa shape index (κ3) is 1.02. The van der Waals surface area contributed by atoms with E-state index in [0.717, 1.165) is 4.60 Å².